The lowest BCUT2D eigenvalue weighted by Crippen LogP contribution is -2.35. The number of piperidine rings is 1. The molecule has 1 heterocycles. The van der Waals surface area contributed by atoms with Crippen LogP contribution in [0.4, 0.5) is 5.69 Å². The summed E-state index contributed by atoms with van der Waals surface area (Å²) in [6.07, 6.45) is 2.41. The van der Waals surface area contributed by atoms with Gasteiger partial charge in [-0.25, -0.2) is 0 Å². The Morgan fingerprint density at radius 3 is 2.34 bits per heavy atom. The van der Waals surface area contributed by atoms with Crippen molar-refractivity contribution in [3.63, 3.8) is 0 Å². The quantitative estimate of drug-likeness (QED) is 0.745. The van der Waals surface area contributed by atoms with Gasteiger partial charge in [0.1, 0.15) is 17.6 Å². The zero-order valence-electron chi connectivity index (χ0n) is 17.9. The minimum absolute atomic E-state index is 0.144. The topological polar surface area (TPSA) is 50.8 Å². The second-order valence-electron chi connectivity index (χ2n) is 7.89. The molecule has 156 valence electrons. The van der Waals surface area contributed by atoms with E-state index in [4.69, 9.17) is 9.47 Å². The van der Waals surface area contributed by atoms with Crippen LogP contribution in [0.2, 0.25) is 0 Å². The van der Waals surface area contributed by atoms with Crippen molar-refractivity contribution in [2.45, 2.75) is 52.2 Å². The van der Waals surface area contributed by atoms with E-state index in [1.54, 1.807) is 0 Å². The molecule has 0 aromatic heterocycles. The van der Waals surface area contributed by atoms with Crippen LogP contribution in [0.15, 0.2) is 42.5 Å². The number of benzene rings is 2. The molecule has 1 fully saturated rings. The summed E-state index contributed by atoms with van der Waals surface area (Å²) >= 11 is 0. The number of nitrogens with zero attached hydrogens (tertiary/aromatic N) is 1. The maximum absolute atomic E-state index is 12.7. The first-order chi connectivity index (χ1) is 13.9. The van der Waals surface area contributed by atoms with Gasteiger partial charge in [-0.1, -0.05) is 13.0 Å². The number of anilines is 1. The highest BCUT2D eigenvalue weighted by molar-refractivity contribution is 5.94. The molecule has 2 aromatic rings. The molecule has 1 amide bonds. The van der Waals surface area contributed by atoms with Crippen molar-refractivity contribution in [2.24, 2.45) is 0 Å². The number of carbonyl (C=O) groups is 1. The first-order valence-corrected chi connectivity index (χ1v) is 10.4. The minimum Gasteiger partial charge on any atom is -0.490 e. The van der Waals surface area contributed by atoms with Crippen molar-refractivity contribution in [3.05, 3.63) is 53.6 Å². The number of carbonyl (C=O) groups excluding carboxylic acids is 1. The molecule has 1 saturated heterocycles. The number of nitrogens with one attached hydrogen (secondary N) is 1. The standard InChI is InChI=1S/C24H32N2O3/c1-5-23(29-22-9-6-17(2)18(3)16-22)24(27)25-19-7-10-20(11-8-19)28-21-12-14-26(4)15-13-21/h6-11,16,21,23H,5,12-15H2,1-4H3,(H,25,27)/t23-/m1/s1. The second-order valence-corrected chi connectivity index (χ2v) is 7.89. The van der Waals surface area contributed by atoms with Gasteiger partial charge in [0.15, 0.2) is 6.10 Å². The summed E-state index contributed by atoms with van der Waals surface area (Å²) in [5, 5.41) is 2.95. The highest BCUT2D eigenvalue weighted by Crippen LogP contribution is 2.22. The number of likely N-dealkylation sites (tertiary alicyclic amines) is 1. The van der Waals surface area contributed by atoms with Gasteiger partial charge >= 0.3 is 0 Å². The summed E-state index contributed by atoms with van der Waals surface area (Å²) in [5.41, 5.74) is 3.10. The number of amides is 1. The van der Waals surface area contributed by atoms with Crippen LogP contribution >= 0.6 is 0 Å². The van der Waals surface area contributed by atoms with Crippen molar-refractivity contribution in [1.29, 1.82) is 0 Å². The fraction of sp³-hybridized carbons (Fsp3) is 0.458. The number of ether oxygens (including phenoxy) is 2. The molecule has 0 aliphatic carbocycles. The Labute approximate surface area is 174 Å². The molecule has 2 aromatic carbocycles. The SMILES string of the molecule is CC[C@@H](Oc1ccc(C)c(C)c1)C(=O)Nc1ccc(OC2CCN(C)CC2)cc1. The second kappa shape index (κ2) is 9.79. The average molecular weight is 397 g/mol. The van der Waals surface area contributed by atoms with E-state index < -0.39 is 6.10 Å². The van der Waals surface area contributed by atoms with Crippen LogP contribution in [-0.4, -0.2) is 43.2 Å². The van der Waals surface area contributed by atoms with Gasteiger partial charge in [0.2, 0.25) is 0 Å². The molecular formula is C24H32N2O3. The maximum Gasteiger partial charge on any atom is 0.265 e. The highest BCUT2D eigenvalue weighted by Gasteiger charge is 2.20. The summed E-state index contributed by atoms with van der Waals surface area (Å²) in [6, 6.07) is 13.5. The molecule has 0 radical (unpaired) electrons. The number of rotatable bonds is 7. The van der Waals surface area contributed by atoms with Gasteiger partial charge in [0.25, 0.3) is 5.91 Å². The van der Waals surface area contributed by atoms with E-state index in [1.165, 1.54) is 5.56 Å². The third-order valence-corrected chi connectivity index (χ3v) is 5.51. The van der Waals surface area contributed by atoms with Crippen LogP contribution in [0.5, 0.6) is 11.5 Å². The summed E-state index contributed by atoms with van der Waals surface area (Å²) < 4.78 is 12.0. The van der Waals surface area contributed by atoms with Crippen LogP contribution in [0.25, 0.3) is 0 Å². The summed E-state index contributed by atoms with van der Waals surface area (Å²) in [5.74, 6) is 1.42. The molecule has 0 bridgehead atoms. The normalized spacial score (nSPS) is 16.3. The van der Waals surface area contributed by atoms with E-state index >= 15 is 0 Å². The fourth-order valence-electron chi connectivity index (χ4n) is 3.41. The zero-order valence-corrected chi connectivity index (χ0v) is 17.9. The molecular weight excluding hydrogens is 364 g/mol. The van der Waals surface area contributed by atoms with Crippen LogP contribution in [0.3, 0.4) is 0 Å². The largest absolute Gasteiger partial charge is 0.490 e. The number of aryl methyl sites for hydroxylation is 2. The maximum atomic E-state index is 12.7. The molecule has 0 spiro atoms. The van der Waals surface area contributed by atoms with Gasteiger partial charge in [0, 0.05) is 18.8 Å². The lowest BCUT2D eigenvalue weighted by molar-refractivity contribution is -0.122. The van der Waals surface area contributed by atoms with Crippen molar-refractivity contribution in [2.75, 3.05) is 25.5 Å². The molecule has 5 heteroatoms. The molecule has 1 N–H and O–H groups in total. The molecule has 3 rings (SSSR count). The third-order valence-electron chi connectivity index (χ3n) is 5.51. The van der Waals surface area contributed by atoms with E-state index in [9.17, 15) is 4.79 Å². The minimum atomic E-state index is -0.535. The Balaban J connectivity index is 1.55. The van der Waals surface area contributed by atoms with Gasteiger partial charge in [0.05, 0.1) is 0 Å². The van der Waals surface area contributed by atoms with Crippen molar-refractivity contribution < 1.29 is 14.3 Å². The van der Waals surface area contributed by atoms with Crippen LogP contribution < -0.4 is 14.8 Å². The highest BCUT2D eigenvalue weighted by atomic mass is 16.5. The summed E-state index contributed by atoms with van der Waals surface area (Å²) in [6.45, 7) is 8.18. The number of hydrogen-bond acceptors (Lipinski definition) is 4. The first-order valence-electron chi connectivity index (χ1n) is 10.4. The van der Waals surface area contributed by atoms with E-state index in [-0.39, 0.29) is 12.0 Å². The van der Waals surface area contributed by atoms with Crippen molar-refractivity contribution in [1.82, 2.24) is 4.90 Å². The predicted molar refractivity (Wildman–Crippen MR) is 117 cm³/mol. The molecule has 1 aliphatic rings. The molecule has 0 unspecified atom stereocenters. The lowest BCUT2D eigenvalue weighted by atomic mass is 10.1. The predicted octanol–water partition coefficient (Wildman–Crippen LogP) is 4.57. The van der Waals surface area contributed by atoms with E-state index in [2.05, 4.69) is 24.2 Å². The first kappa shape index (κ1) is 21.2. The van der Waals surface area contributed by atoms with Crippen LogP contribution in [0.1, 0.15) is 37.3 Å². The Kier molecular flexibility index (Phi) is 7.15. The smallest absolute Gasteiger partial charge is 0.265 e. The monoisotopic (exact) mass is 396 g/mol. The average Bonchev–Trinajstić information content (AvgIpc) is 2.72. The van der Waals surface area contributed by atoms with Crippen LogP contribution in [0, 0.1) is 13.8 Å². The van der Waals surface area contributed by atoms with Gasteiger partial charge in [-0.2, -0.15) is 0 Å². The molecule has 0 saturated carbocycles. The Morgan fingerprint density at radius 2 is 1.72 bits per heavy atom. The van der Waals surface area contributed by atoms with Crippen LogP contribution in [-0.2, 0) is 4.79 Å². The Hall–Kier alpha value is -2.53. The molecule has 5 nitrogen and oxygen atoms in total. The number of hydrogen-bond donors (Lipinski definition) is 1. The molecule has 1 atom stereocenters. The fourth-order valence-corrected chi connectivity index (χ4v) is 3.41. The lowest BCUT2D eigenvalue weighted by Gasteiger charge is -2.29. The zero-order chi connectivity index (χ0) is 20.8. The van der Waals surface area contributed by atoms with E-state index in [1.807, 2.05) is 56.3 Å². The van der Waals surface area contributed by atoms with Gasteiger partial charge in [-0.3, -0.25) is 4.79 Å². The van der Waals surface area contributed by atoms with E-state index in [0.29, 0.717) is 6.42 Å². The van der Waals surface area contributed by atoms with E-state index in [0.717, 1.165) is 48.7 Å². The Morgan fingerprint density at radius 1 is 1.07 bits per heavy atom. The molecule has 1 aliphatic heterocycles. The third kappa shape index (κ3) is 5.97. The summed E-state index contributed by atoms with van der Waals surface area (Å²) in [4.78, 5) is 15.0. The van der Waals surface area contributed by atoms with Crippen molar-refractivity contribution in [3.8, 4) is 11.5 Å². The van der Waals surface area contributed by atoms with Gasteiger partial charge in [-0.15, -0.1) is 0 Å². The van der Waals surface area contributed by atoms with Crippen molar-refractivity contribution >= 4 is 11.6 Å². The summed E-state index contributed by atoms with van der Waals surface area (Å²) in [7, 11) is 2.14. The molecule has 29 heavy (non-hydrogen) atoms. The van der Waals surface area contributed by atoms with Gasteiger partial charge < -0.3 is 19.7 Å². The van der Waals surface area contributed by atoms with Gasteiger partial charge in [-0.05, 0) is 87.7 Å². The Bertz CT molecular complexity index is 811.